The molecule has 70 valence electrons. The number of nitrogens with one attached hydrogen (secondary N) is 1. The van der Waals surface area contributed by atoms with Crippen LogP contribution in [0.25, 0.3) is 0 Å². The van der Waals surface area contributed by atoms with E-state index in [0.29, 0.717) is 6.54 Å². The standard InChI is InChI=1S/C9H17NO2/c1-8(2,3)10-6-9(4-5-9)7(11)12/h10H,4-6H2,1-3H3,(H,11,12). The Labute approximate surface area is 73.2 Å². The third kappa shape index (κ3) is 2.21. The summed E-state index contributed by atoms with van der Waals surface area (Å²) in [4.78, 5) is 10.8. The Hall–Kier alpha value is -0.570. The lowest BCUT2D eigenvalue weighted by atomic mass is 10.0. The molecule has 0 spiro atoms. The number of hydrogen-bond acceptors (Lipinski definition) is 2. The van der Waals surface area contributed by atoms with Crippen molar-refractivity contribution in [1.82, 2.24) is 5.32 Å². The molecule has 2 N–H and O–H groups in total. The molecule has 0 radical (unpaired) electrons. The first-order valence-corrected chi connectivity index (χ1v) is 4.34. The lowest BCUT2D eigenvalue weighted by Crippen LogP contribution is -2.41. The Morgan fingerprint density at radius 2 is 2.00 bits per heavy atom. The van der Waals surface area contributed by atoms with Crippen LogP contribution >= 0.6 is 0 Å². The summed E-state index contributed by atoms with van der Waals surface area (Å²) in [7, 11) is 0. The van der Waals surface area contributed by atoms with E-state index in [1.165, 1.54) is 0 Å². The lowest BCUT2D eigenvalue weighted by Gasteiger charge is -2.23. The van der Waals surface area contributed by atoms with Crippen molar-refractivity contribution in [3.63, 3.8) is 0 Å². The van der Waals surface area contributed by atoms with E-state index in [1.807, 2.05) is 20.8 Å². The van der Waals surface area contributed by atoms with Crippen LogP contribution in [-0.2, 0) is 4.79 Å². The fourth-order valence-electron chi connectivity index (χ4n) is 1.05. The van der Waals surface area contributed by atoms with Crippen LogP contribution in [0.1, 0.15) is 33.6 Å². The Morgan fingerprint density at radius 1 is 1.50 bits per heavy atom. The van der Waals surface area contributed by atoms with Gasteiger partial charge >= 0.3 is 5.97 Å². The topological polar surface area (TPSA) is 49.3 Å². The number of carboxylic acids is 1. The van der Waals surface area contributed by atoms with Crippen molar-refractivity contribution in [3.05, 3.63) is 0 Å². The molecule has 1 fully saturated rings. The van der Waals surface area contributed by atoms with Gasteiger partial charge < -0.3 is 10.4 Å². The molecule has 3 heteroatoms. The summed E-state index contributed by atoms with van der Waals surface area (Å²) in [5, 5.41) is 12.1. The fraction of sp³-hybridized carbons (Fsp3) is 0.889. The maximum atomic E-state index is 10.8. The highest BCUT2D eigenvalue weighted by Gasteiger charge is 2.50. The molecule has 3 nitrogen and oxygen atoms in total. The van der Waals surface area contributed by atoms with Crippen LogP contribution in [0.4, 0.5) is 0 Å². The van der Waals surface area contributed by atoms with E-state index in [0.717, 1.165) is 12.8 Å². The molecular formula is C9H17NO2. The molecule has 12 heavy (non-hydrogen) atoms. The Bertz CT molecular complexity index is 189. The van der Waals surface area contributed by atoms with Gasteiger partial charge in [0.25, 0.3) is 0 Å². The van der Waals surface area contributed by atoms with Crippen LogP contribution in [-0.4, -0.2) is 23.2 Å². The van der Waals surface area contributed by atoms with Gasteiger partial charge in [0.15, 0.2) is 0 Å². The summed E-state index contributed by atoms with van der Waals surface area (Å²) >= 11 is 0. The molecule has 0 heterocycles. The van der Waals surface area contributed by atoms with Crippen molar-refractivity contribution in [2.75, 3.05) is 6.54 Å². The number of carbonyl (C=O) groups is 1. The third-order valence-corrected chi connectivity index (χ3v) is 2.26. The quantitative estimate of drug-likeness (QED) is 0.671. The average Bonchev–Trinajstić information content (AvgIpc) is 2.61. The monoisotopic (exact) mass is 171 g/mol. The number of carboxylic acid groups (broad SMARTS) is 1. The zero-order valence-electron chi connectivity index (χ0n) is 7.98. The summed E-state index contributed by atoms with van der Waals surface area (Å²) in [5.41, 5.74) is -0.418. The molecule has 1 saturated carbocycles. The number of hydrogen-bond donors (Lipinski definition) is 2. The van der Waals surface area contributed by atoms with E-state index in [4.69, 9.17) is 5.11 Å². The first-order chi connectivity index (χ1) is 5.36. The second-order valence-electron chi connectivity index (χ2n) is 4.69. The normalized spacial score (nSPS) is 20.6. The average molecular weight is 171 g/mol. The molecular weight excluding hydrogens is 154 g/mol. The van der Waals surface area contributed by atoms with Crippen molar-refractivity contribution >= 4 is 5.97 Å². The van der Waals surface area contributed by atoms with Gasteiger partial charge in [0, 0.05) is 12.1 Å². The first kappa shape index (κ1) is 9.52. The van der Waals surface area contributed by atoms with Crippen molar-refractivity contribution < 1.29 is 9.90 Å². The molecule has 0 aliphatic heterocycles. The van der Waals surface area contributed by atoms with E-state index in [9.17, 15) is 4.79 Å². The molecule has 1 aliphatic carbocycles. The van der Waals surface area contributed by atoms with Crippen molar-refractivity contribution in [3.8, 4) is 0 Å². The number of rotatable bonds is 3. The molecule has 0 bridgehead atoms. The molecule has 0 aromatic carbocycles. The van der Waals surface area contributed by atoms with Crippen LogP contribution in [0.2, 0.25) is 0 Å². The van der Waals surface area contributed by atoms with Gasteiger partial charge in [-0.1, -0.05) is 0 Å². The van der Waals surface area contributed by atoms with Gasteiger partial charge in [-0.15, -0.1) is 0 Å². The largest absolute Gasteiger partial charge is 0.481 e. The molecule has 0 aromatic rings. The zero-order valence-corrected chi connectivity index (χ0v) is 7.98. The number of aliphatic carboxylic acids is 1. The maximum Gasteiger partial charge on any atom is 0.310 e. The molecule has 1 rings (SSSR count). The summed E-state index contributed by atoms with van der Waals surface area (Å²) in [6, 6.07) is 0. The second-order valence-corrected chi connectivity index (χ2v) is 4.69. The minimum Gasteiger partial charge on any atom is -0.481 e. The van der Waals surface area contributed by atoms with Crippen LogP contribution in [0.15, 0.2) is 0 Å². The summed E-state index contributed by atoms with van der Waals surface area (Å²) < 4.78 is 0. The molecule has 0 saturated heterocycles. The van der Waals surface area contributed by atoms with Crippen LogP contribution < -0.4 is 5.32 Å². The molecule has 1 aliphatic rings. The highest BCUT2D eigenvalue weighted by atomic mass is 16.4. The molecule has 0 amide bonds. The maximum absolute atomic E-state index is 10.8. The summed E-state index contributed by atoms with van der Waals surface area (Å²) in [5.74, 6) is -0.653. The SMILES string of the molecule is CC(C)(C)NCC1(C(=O)O)CC1. The minimum absolute atomic E-state index is 0.0189. The van der Waals surface area contributed by atoms with E-state index >= 15 is 0 Å². The Kier molecular flexibility index (Phi) is 2.17. The Morgan fingerprint density at radius 3 is 2.25 bits per heavy atom. The van der Waals surface area contributed by atoms with Crippen LogP contribution in [0.3, 0.4) is 0 Å². The molecule has 0 atom stereocenters. The predicted molar refractivity (Wildman–Crippen MR) is 47.1 cm³/mol. The minimum atomic E-state index is -0.653. The molecule has 0 aromatic heterocycles. The predicted octanol–water partition coefficient (Wildman–Crippen LogP) is 1.24. The van der Waals surface area contributed by atoms with Crippen molar-refractivity contribution in [2.45, 2.75) is 39.2 Å². The molecule has 0 unspecified atom stereocenters. The zero-order chi connectivity index (χ0) is 9.41. The second kappa shape index (κ2) is 2.73. The van der Waals surface area contributed by atoms with Crippen molar-refractivity contribution in [2.24, 2.45) is 5.41 Å². The third-order valence-electron chi connectivity index (χ3n) is 2.26. The van der Waals surface area contributed by atoms with E-state index < -0.39 is 11.4 Å². The highest BCUT2D eigenvalue weighted by molar-refractivity contribution is 5.78. The smallest absolute Gasteiger partial charge is 0.310 e. The van der Waals surface area contributed by atoms with Gasteiger partial charge in [0.2, 0.25) is 0 Å². The van der Waals surface area contributed by atoms with Crippen LogP contribution in [0, 0.1) is 5.41 Å². The van der Waals surface area contributed by atoms with Gasteiger partial charge in [-0.25, -0.2) is 0 Å². The summed E-state index contributed by atoms with van der Waals surface area (Å²) in [6.45, 7) is 6.74. The first-order valence-electron chi connectivity index (χ1n) is 4.34. The van der Waals surface area contributed by atoms with E-state index in [1.54, 1.807) is 0 Å². The van der Waals surface area contributed by atoms with E-state index in [-0.39, 0.29) is 5.54 Å². The van der Waals surface area contributed by atoms with Crippen molar-refractivity contribution in [1.29, 1.82) is 0 Å². The van der Waals surface area contributed by atoms with Gasteiger partial charge in [0.1, 0.15) is 0 Å². The van der Waals surface area contributed by atoms with Gasteiger partial charge in [-0.3, -0.25) is 4.79 Å². The van der Waals surface area contributed by atoms with Gasteiger partial charge in [-0.2, -0.15) is 0 Å². The fourth-order valence-corrected chi connectivity index (χ4v) is 1.05. The van der Waals surface area contributed by atoms with Crippen LogP contribution in [0.5, 0.6) is 0 Å². The lowest BCUT2D eigenvalue weighted by molar-refractivity contribution is -0.143. The highest BCUT2D eigenvalue weighted by Crippen LogP contribution is 2.45. The summed E-state index contributed by atoms with van der Waals surface area (Å²) in [6.07, 6.45) is 1.65. The van der Waals surface area contributed by atoms with Gasteiger partial charge in [-0.05, 0) is 33.6 Å². The van der Waals surface area contributed by atoms with E-state index in [2.05, 4.69) is 5.32 Å². The van der Waals surface area contributed by atoms with Gasteiger partial charge in [0.05, 0.1) is 5.41 Å². The Balaban J connectivity index is 2.37.